The Kier molecular flexibility index (Phi) is 5.92. The maximum Gasteiger partial charge on any atom is 0.251 e. The van der Waals surface area contributed by atoms with E-state index >= 15 is 0 Å². The molecular weight excluding hydrogens is 288 g/mol. The second-order valence-electron chi connectivity index (χ2n) is 5.57. The second-order valence-corrected chi connectivity index (χ2v) is 5.57. The lowest BCUT2D eigenvalue weighted by Gasteiger charge is -2.08. The second kappa shape index (κ2) is 8.13. The van der Waals surface area contributed by atoms with Gasteiger partial charge in [0.2, 0.25) is 5.91 Å². The van der Waals surface area contributed by atoms with Gasteiger partial charge in [0.1, 0.15) is 0 Å². The van der Waals surface area contributed by atoms with E-state index in [4.69, 9.17) is 0 Å². The van der Waals surface area contributed by atoms with Crippen molar-refractivity contribution in [3.8, 4) is 0 Å². The van der Waals surface area contributed by atoms with E-state index in [-0.39, 0.29) is 11.8 Å². The number of benzene rings is 2. The molecule has 0 unspecified atom stereocenters. The predicted molar refractivity (Wildman–Crippen MR) is 91.4 cm³/mol. The van der Waals surface area contributed by atoms with Crippen LogP contribution in [0, 0.1) is 13.8 Å². The summed E-state index contributed by atoms with van der Waals surface area (Å²) in [7, 11) is 0. The van der Waals surface area contributed by atoms with Crippen molar-refractivity contribution in [2.24, 2.45) is 0 Å². The average molecular weight is 310 g/mol. The molecule has 0 saturated heterocycles. The number of hydrogen-bond acceptors (Lipinski definition) is 2. The molecule has 2 aromatic carbocycles. The van der Waals surface area contributed by atoms with Gasteiger partial charge in [-0.1, -0.05) is 36.4 Å². The molecule has 0 saturated carbocycles. The summed E-state index contributed by atoms with van der Waals surface area (Å²) in [4.78, 5) is 23.8. The van der Waals surface area contributed by atoms with E-state index < -0.39 is 0 Å². The zero-order chi connectivity index (χ0) is 16.7. The van der Waals surface area contributed by atoms with Gasteiger partial charge in [0.15, 0.2) is 0 Å². The molecule has 2 rings (SSSR count). The summed E-state index contributed by atoms with van der Waals surface area (Å²) in [5.41, 5.74) is 3.87. The van der Waals surface area contributed by atoms with Crippen molar-refractivity contribution in [3.05, 3.63) is 70.8 Å². The molecule has 0 bridgehead atoms. The van der Waals surface area contributed by atoms with Crippen LogP contribution in [0.5, 0.6) is 0 Å². The van der Waals surface area contributed by atoms with Crippen molar-refractivity contribution in [1.82, 2.24) is 10.6 Å². The number of rotatable bonds is 6. The van der Waals surface area contributed by atoms with Crippen molar-refractivity contribution >= 4 is 11.8 Å². The molecule has 0 aliphatic rings. The maximum atomic E-state index is 12.0. The fourth-order valence-corrected chi connectivity index (χ4v) is 2.21. The molecule has 0 aliphatic heterocycles. The van der Waals surface area contributed by atoms with Gasteiger partial charge in [-0.05, 0) is 42.7 Å². The van der Waals surface area contributed by atoms with Crippen LogP contribution in [0.3, 0.4) is 0 Å². The van der Waals surface area contributed by atoms with E-state index in [0.717, 1.165) is 16.7 Å². The highest BCUT2D eigenvalue weighted by molar-refractivity contribution is 5.94. The molecule has 0 heterocycles. The Balaban J connectivity index is 1.71. The lowest BCUT2D eigenvalue weighted by molar-refractivity contribution is -0.120. The smallest absolute Gasteiger partial charge is 0.251 e. The number of carbonyl (C=O) groups is 2. The van der Waals surface area contributed by atoms with Crippen molar-refractivity contribution in [3.63, 3.8) is 0 Å². The SMILES string of the molecule is Cc1ccc(C(=O)NCCNC(=O)Cc2ccccc2)cc1C. The number of carbonyl (C=O) groups excluding carboxylic acids is 2. The van der Waals surface area contributed by atoms with Gasteiger partial charge >= 0.3 is 0 Å². The van der Waals surface area contributed by atoms with E-state index in [2.05, 4.69) is 10.6 Å². The van der Waals surface area contributed by atoms with Gasteiger partial charge in [-0.15, -0.1) is 0 Å². The normalized spacial score (nSPS) is 10.2. The van der Waals surface area contributed by atoms with E-state index in [1.54, 1.807) is 0 Å². The van der Waals surface area contributed by atoms with Gasteiger partial charge in [-0.3, -0.25) is 9.59 Å². The van der Waals surface area contributed by atoms with Gasteiger partial charge in [-0.25, -0.2) is 0 Å². The molecule has 0 aliphatic carbocycles. The largest absolute Gasteiger partial charge is 0.354 e. The highest BCUT2D eigenvalue weighted by atomic mass is 16.2. The molecule has 0 aromatic heterocycles. The van der Waals surface area contributed by atoms with Crippen LogP contribution in [0.2, 0.25) is 0 Å². The molecule has 2 amide bonds. The van der Waals surface area contributed by atoms with Gasteiger partial charge in [0.05, 0.1) is 6.42 Å². The zero-order valence-corrected chi connectivity index (χ0v) is 13.6. The summed E-state index contributed by atoms with van der Waals surface area (Å²) >= 11 is 0. The summed E-state index contributed by atoms with van der Waals surface area (Å²) in [6.07, 6.45) is 0.353. The van der Waals surface area contributed by atoms with Gasteiger partial charge < -0.3 is 10.6 Å². The van der Waals surface area contributed by atoms with Gasteiger partial charge in [0, 0.05) is 18.7 Å². The first-order valence-corrected chi connectivity index (χ1v) is 7.72. The minimum absolute atomic E-state index is 0.0448. The summed E-state index contributed by atoms with van der Waals surface area (Å²) in [6.45, 7) is 4.82. The van der Waals surface area contributed by atoms with Crippen LogP contribution >= 0.6 is 0 Å². The number of nitrogens with one attached hydrogen (secondary N) is 2. The van der Waals surface area contributed by atoms with E-state index in [1.165, 1.54) is 0 Å². The van der Waals surface area contributed by atoms with Crippen molar-refractivity contribution in [1.29, 1.82) is 0 Å². The Morgan fingerprint density at radius 1 is 0.870 bits per heavy atom. The fourth-order valence-electron chi connectivity index (χ4n) is 2.21. The lowest BCUT2D eigenvalue weighted by atomic mass is 10.1. The Bertz CT molecular complexity index is 681. The fraction of sp³-hybridized carbons (Fsp3) is 0.263. The third kappa shape index (κ3) is 5.25. The summed E-state index contributed by atoms with van der Waals surface area (Å²) in [5, 5.41) is 5.62. The molecular formula is C19H22N2O2. The molecule has 0 atom stereocenters. The Hall–Kier alpha value is -2.62. The highest BCUT2D eigenvalue weighted by Crippen LogP contribution is 2.09. The minimum Gasteiger partial charge on any atom is -0.354 e. The van der Waals surface area contributed by atoms with Gasteiger partial charge in [-0.2, -0.15) is 0 Å². The number of amides is 2. The van der Waals surface area contributed by atoms with Crippen molar-refractivity contribution in [2.75, 3.05) is 13.1 Å². The number of aryl methyl sites for hydroxylation is 2. The molecule has 0 fully saturated rings. The van der Waals surface area contributed by atoms with Gasteiger partial charge in [0.25, 0.3) is 5.91 Å². The molecule has 2 N–H and O–H groups in total. The quantitative estimate of drug-likeness (QED) is 0.805. The van der Waals surface area contributed by atoms with Crippen molar-refractivity contribution < 1.29 is 9.59 Å². The molecule has 2 aromatic rings. The summed E-state index contributed by atoms with van der Waals surface area (Å²) < 4.78 is 0. The van der Waals surface area contributed by atoms with Crippen LogP contribution in [0.15, 0.2) is 48.5 Å². The first kappa shape index (κ1) is 16.7. The third-order valence-electron chi connectivity index (χ3n) is 3.71. The lowest BCUT2D eigenvalue weighted by Crippen LogP contribution is -2.35. The summed E-state index contributed by atoms with van der Waals surface area (Å²) in [6, 6.07) is 15.2. The standard InChI is InChI=1S/C19H22N2O2/c1-14-8-9-17(12-15(14)2)19(23)21-11-10-20-18(22)13-16-6-4-3-5-7-16/h3-9,12H,10-11,13H2,1-2H3,(H,20,22)(H,21,23). The molecule has 4 nitrogen and oxygen atoms in total. The molecule has 0 radical (unpaired) electrons. The van der Waals surface area contributed by atoms with Crippen molar-refractivity contribution in [2.45, 2.75) is 20.3 Å². The Labute approximate surface area is 136 Å². The molecule has 4 heteroatoms. The van der Waals surface area contributed by atoms with Crippen LogP contribution in [-0.4, -0.2) is 24.9 Å². The zero-order valence-electron chi connectivity index (χ0n) is 13.6. The van der Waals surface area contributed by atoms with Crippen LogP contribution in [-0.2, 0) is 11.2 Å². The van der Waals surface area contributed by atoms with Crippen LogP contribution < -0.4 is 10.6 Å². The number of hydrogen-bond donors (Lipinski definition) is 2. The van der Waals surface area contributed by atoms with Crippen LogP contribution in [0.4, 0.5) is 0 Å². The third-order valence-corrected chi connectivity index (χ3v) is 3.71. The highest BCUT2D eigenvalue weighted by Gasteiger charge is 2.06. The van der Waals surface area contributed by atoms with E-state index in [1.807, 2.05) is 62.4 Å². The van der Waals surface area contributed by atoms with E-state index in [9.17, 15) is 9.59 Å². The minimum atomic E-state index is -0.120. The maximum absolute atomic E-state index is 12.0. The van der Waals surface area contributed by atoms with Crippen LogP contribution in [0.25, 0.3) is 0 Å². The van der Waals surface area contributed by atoms with E-state index in [0.29, 0.717) is 25.1 Å². The monoisotopic (exact) mass is 310 g/mol. The Morgan fingerprint density at radius 2 is 1.57 bits per heavy atom. The first-order chi connectivity index (χ1) is 11.1. The summed E-state index contributed by atoms with van der Waals surface area (Å²) in [5.74, 6) is -0.165. The van der Waals surface area contributed by atoms with Crippen LogP contribution in [0.1, 0.15) is 27.0 Å². The topological polar surface area (TPSA) is 58.2 Å². The average Bonchev–Trinajstić information content (AvgIpc) is 2.55. The Morgan fingerprint density at radius 3 is 2.26 bits per heavy atom. The first-order valence-electron chi connectivity index (χ1n) is 7.72. The molecule has 23 heavy (non-hydrogen) atoms. The molecule has 0 spiro atoms. The predicted octanol–water partition coefficient (Wildman–Crippen LogP) is 2.39. The molecule has 120 valence electrons.